The Labute approximate surface area is 436 Å². The fourth-order valence-electron chi connectivity index (χ4n) is 10.6. The van der Waals surface area contributed by atoms with Crippen LogP contribution in [0.15, 0.2) is 11.6 Å². The van der Waals surface area contributed by atoms with E-state index in [1.165, 1.54) is 13.0 Å². The fraction of sp³-hybridized carbons (Fsp3) is 0.955. The van der Waals surface area contributed by atoms with Crippen LogP contribution in [0.3, 0.4) is 0 Å². The predicted molar refractivity (Wildman–Crippen MR) is 237 cm³/mol. The van der Waals surface area contributed by atoms with Crippen molar-refractivity contribution in [3.8, 4) is 0 Å². The van der Waals surface area contributed by atoms with Crippen molar-refractivity contribution in [3.05, 3.63) is 11.6 Å². The zero-order valence-electron chi connectivity index (χ0n) is 41.0. The SMILES string of the molecule is CC1O[C@@H](O[C@H]2C(CO)O[C@@H](O[C@H]3C(CO)O[C@@H](O[C@H]4C(CO)O[C@@H](O[C@H]5OC(CO)[C@@H](O)C(O)[C@@H]5O)C(O)[C@H]4O)C(O)[C@H]3O)C(O)[C@H]2O)C(O)[C@@H](O)[C@H]1CC1C=C(CO)C(O[C@@H]2OC(CO)[C@H](O)[C@H](O)C2O)C(O)C1O. The maximum Gasteiger partial charge on any atom is 0.189 e. The summed E-state index contributed by atoms with van der Waals surface area (Å²) in [6, 6.07) is 0. The molecule has 6 fully saturated rings. The Bertz CT molecular complexity index is 1850. The van der Waals surface area contributed by atoms with E-state index in [0.717, 1.165) is 0 Å². The van der Waals surface area contributed by atoms with Crippen LogP contribution in [0.4, 0.5) is 0 Å². The van der Waals surface area contributed by atoms with E-state index < -0.39 is 248 Å². The Balaban J connectivity index is 0.943. The molecule has 0 bridgehead atoms. The molecule has 6 aliphatic heterocycles. The smallest absolute Gasteiger partial charge is 0.189 e. The zero-order valence-corrected chi connectivity index (χ0v) is 41.0. The molecule has 33 heteroatoms. The number of rotatable bonds is 18. The standard InChI is InChI=1S/C44H74O33/c1-10-13(3-11-2-12(4-45)35(25(57)19(11)51)73-40-30(62)23(55)21(53)14(5-46)68-40)20(52)29(61)39(67-10)74-36-16(7-48)70-41(32(64)26(36)58)75-37-17(8-49)71-42(33(65)27(37)59)76-38-18(9-50)72-44(34(66)28(38)60)77-43-31(63)24(56)22(54)15(6-47)69-43/h2,10-11,13-66H,3-9H2,1H3/t10?,11?,13-,14?,15?,16?,17?,18?,19?,20-,21-,22+,23-,24?,25?,26+,27+,28+,29?,30?,31-,32?,33?,34?,35?,36-,37-,38-,39-,40-,41-,42-,43+,44-/m0/s1. The van der Waals surface area contributed by atoms with Crippen molar-refractivity contribution < 1.29 is 164 Å². The Morgan fingerprint density at radius 3 is 1.04 bits per heavy atom. The van der Waals surface area contributed by atoms with E-state index in [1.807, 2.05) is 0 Å². The molecule has 7 aliphatic rings. The quantitative estimate of drug-likeness (QED) is 0.0567. The van der Waals surface area contributed by atoms with E-state index in [-0.39, 0.29) is 12.0 Å². The van der Waals surface area contributed by atoms with Crippen LogP contribution in [-0.2, 0) is 52.1 Å². The van der Waals surface area contributed by atoms with Gasteiger partial charge >= 0.3 is 0 Å². The second-order valence-corrected chi connectivity index (χ2v) is 20.1. The van der Waals surface area contributed by atoms with Crippen molar-refractivity contribution in [2.75, 3.05) is 39.6 Å². The maximum absolute atomic E-state index is 11.4. The minimum absolute atomic E-state index is 0.0352. The third-order valence-corrected chi connectivity index (χ3v) is 15.2. The van der Waals surface area contributed by atoms with Crippen molar-refractivity contribution in [2.24, 2.45) is 11.8 Å². The van der Waals surface area contributed by atoms with Crippen LogP contribution in [0.1, 0.15) is 13.3 Å². The minimum Gasteiger partial charge on any atom is -0.394 e. The third-order valence-electron chi connectivity index (χ3n) is 15.2. The van der Waals surface area contributed by atoms with Crippen LogP contribution in [0.25, 0.3) is 0 Å². The van der Waals surface area contributed by atoms with Crippen LogP contribution < -0.4 is 0 Å². The minimum atomic E-state index is -2.16. The average molecular weight is 1130 g/mol. The first-order chi connectivity index (χ1) is 36.5. The molecule has 0 saturated carbocycles. The number of hydrogen-bond donors (Lipinski definition) is 22. The Morgan fingerprint density at radius 1 is 0.338 bits per heavy atom. The van der Waals surface area contributed by atoms with Gasteiger partial charge in [-0.15, -0.1) is 0 Å². The summed E-state index contributed by atoms with van der Waals surface area (Å²) < 4.78 is 61.6. The van der Waals surface area contributed by atoms with Gasteiger partial charge in [-0.3, -0.25) is 0 Å². The van der Waals surface area contributed by atoms with Gasteiger partial charge in [0.1, 0.15) is 140 Å². The van der Waals surface area contributed by atoms with E-state index in [2.05, 4.69) is 0 Å². The van der Waals surface area contributed by atoms with E-state index in [9.17, 15) is 112 Å². The van der Waals surface area contributed by atoms with Crippen molar-refractivity contribution in [3.63, 3.8) is 0 Å². The molecule has 0 amide bonds. The van der Waals surface area contributed by atoms with Crippen LogP contribution in [-0.4, -0.2) is 348 Å². The average Bonchev–Trinajstić information content (AvgIpc) is 3.42. The van der Waals surface area contributed by atoms with Crippen molar-refractivity contribution in [1.29, 1.82) is 0 Å². The molecule has 77 heavy (non-hydrogen) atoms. The third kappa shape index (κ3) is 12.8. The van der Waals surface area contributed by atoms with Crippen LogP contribution in [0.5, 0.6) is 0 Å². The van der Waals surface area contributed by atoms with Gasteiger partial charge in [0.05, 0.1) is 58.0 Å². The summed E-state index contributed by atoms with van der Waals surface area (Å²) in [6.07, 6.45) is -57.0. The predicted octanol–water partition coefficient (Wildman–Crippen LogP) is -13.8. The van der Waals surface area contributed by atoms with Gasteiger partial charge in [0.15, 0.2) is 37.7 Å². The molecule has 0 spiro atoms. The number of ether oxygens (including phenoxy) is 11. The van der Waals surface area contributed by atoms with E-state index in [1.54, 1.807) is 0 Å². The summed E-state index contributed by atoms with van der Waals surface area (Å²) in [5.41, 5.74) is -0.0352. The molecule has 0 aromatic carbocycles. The topological polar surface area (TPSA) is 547 Å². The van der Waals surface area contributed by atoms with E-state index in [4.69, 9.17) is 52.1 Å². The normalized spacial score (nSPS) is 53.0. The summed E-state index contributed by atoms with van der Waals surface area (Å²) in [5.74, 6) is -2.11. The largest absolute Gasteiger partial charge is 0.394 e. The molecule has 16 unspecified atom stereocenters. The first-order valence-electron chi connectivity index (χ1n) is 24.9. The van der Waals surface area contributed by atoms with Gasteiger partial charge in [0.25, 0.3) is 0 Å². The van der Waals surface area contributed by atoms with Gasteiger partial charge in [0, 0.05) is 11.8 Å². The lowest BCUT2D eigenvalue weighted by Crippen LogP contribution is -2.67. The molecular formula is C44H74O33. The van der Waals surface area contributed by atoms with Crippen molar-refractivity contribution in [2.45, 2.75) is 210 Å². The van der Waals surface area contributed by atoms with Crippen molar-refractivity contribution in [1.82, 2.24) is 0 Å². The molecular weight excluding hydrogens is 1060 g/mol. The second-order valence-electron chi connectivity index (χ2n) is 20.1. The van der Waals surface area contributed by atoms with E-state index in [0.29, 0.717) is 0 Å². The van der Waals surface area contributed by atoms with Gasteiger partial charge in [-0.05, 0) is 18.9 Å². The summed E-state index contributed by atoms with van der Waals surface area (Å²) >= 11 is 0. The highest BCUT2D eigenvalue weighted by atomic mass is 16.8. The van der Waals surface area contributed by atoms with Gasteiger partial charge in [-0.2, -0.15) is 0 Å². The lowest BCUT2D eigenvalue weighted by molar-refractivity contribution is -0.399. The highest BCUT2D eigenvalue weighted by Gasteiger charge is 2.57. The molecule has 6 heterocycles. The lowest BCUT2D eigenvalue weighted by atomic mass is 9.75. The number of aliphatic hydroxyl groups is 22. The molecule has 0 aromatic heterocycles. The van der Waals surface area contributed by atoms with Gasteiger partial charge in [-0.1, -0.05) is 6.08 Å². The molecule has 0 aromatic rings. The molecule has 34 atom stereocenters. The van der Waals surface area contributed by atoms with Crippen LogP contribution in [0, 0.1) is 11.8 Å². The number of aliphatic hydroxyl groups excluding tert-OH is 22. The molecule has 1 aliphatic carbocycles. The maximum atomic E-state index is 11.4. The molecule has 0 radical (unpaired) electrons. The number of hydrogen-bond acceptors (Lipinski definition) is 33. The Hall–Kier alpha value is -1.58. The Kier molecular flexibility index (Phi) is 21.9. The monoisotopic (exact) mass is 1130 g/mol. The Morgan fingerprint density at radius 2 is 0.662 bits per heavy atom. The summed E-state index contributed by atoms with van der Waals surface area (Å²) in [5, 5.41) is 233. The lowest BCUT2D eigenvalue weighted by Gasteiger charge is -2.49. The molecule has 448 valence electrons. The molecule has 22 N–H and O–H groups in total. The van der Waals surface area contributed by atoms with Crippen molar-refractivity contribution >= 4 is 0 Å². The first kappa shape index (κ1) is 63.0. The molecule has 6 saturated heterocycles. The fourth-order valence-corrected chi connectivity index (χ4v) is 10.6. The van der Waals surface area contributed by atoms with Gasteiger partial charge in [0.2, 0.25) is 0 Å². The summed E-state index contributed by atoms with van der Waals surface area (Å²) in [6.45, 7) is -3.92. The second kappa shape index (κ2) is 26.8. The molecule has 33 nitrogen and oxygen atoms in total. The van der Waals surface area contributed by atoms with Crippen LogP contribution in [0.2, 0.25) is 0 Å². The summed E-state index contributed by atoms with van der Waals surface area (Å²) in [4.78, 5) is 0. The van der Waals surface area contributed by atoms with Gasteiger partial charge < -0.3 is 164 Å². The van der Waals surface area contributed by atoms with Crippen LogP contribution >= 0.6 is 0 Å². The molecule has 7 rings (SSSR count). The highest BCUT2D eigenvalue weighted by molar-refractivity contribution is 5.20. The summed E-state index contributed by atoms with van der Waals surface area (Å²) in [7, 11) is 0. The first-order valence-corrected chi connectivity index (χ1v) is 24.9. The van der Waals surface area contributed by atoms with E-state index >= 15 is 0 Å². The zero-order chi connectivity index (χ0) is 56.6. The highest BCUT2D eigenvalue weighted by Crippen LogP contribution is 2.40. The van der Waals surface area contributed by atoms with Gasteiger partial charge in [-0.25, -0.2) is 0 Å².